The van der Waals surface area contributed by atoms with Gasteiger partial charge in [0, 0.05) is 35.7 Å². The second kappa shape index (κ2) is 8.17. The van der Waals surface area contributed by atoms with E-state index in [0.717, 1.165) is 47.4 Å². The molecule has 0 bridgehead atoms. The second-order valence-electron chi connectivity index (χ2n) is 7.19. The Morgan fingerprint density at radius 1 is 1.00 bits per heavy atom. The molecule has 1 aliphatic heterocycles. The molecule has 0 N–H and O–H groups in total. The predicted molar refractivity (Wildman–Crippen MR) is 111 cm³/mol. The monoisotopic (exact) mass is 395 g/mol. The van der Waals surface area contributed by atoms with Crippen molar-refractivity contribution in [1.82, 2.24) is 4.90 Å². The Morgan fingerprint density at radius 2 is 1.76 bits per heavy atom. The molecule has 152 valence electrons. The van der Waals surface area contributed by atoms with E-state index >= 15 is 0 Å². The lowest BCUT2D eigenvalue weighted by Crippen LogP contribution is -2.24. The number of ether oxygens (including phenoxy) is 3. The van der Waals surface area contributed by atoms with E-state index in [1.165, 1.54) is 0 Å². The molecule has 1 atom stereocenters. The number of hydrogen-bond acceptors (Lipinski definition) is 6. The fraction of sp³-hybridized carbons (Fsp3) is 0.348. The molecule has 0 radical (unpaired) electrons. The molecule has 3 aromatic rings. The summed E-state index contributed by atoms with van der Waals surface area (Å²) < 4.78 is 21.7. The molecule has 2 aromatic carbocycles. The van der Waals surface area contributed by atoms with Crippen LogP contribution in [0.2, 0.25) is 0 Å². The Balaban J connectivity index is 1.70. The van der Waals surface area contributed by atoms with Crippen LogP contribution in [0, 0.1) is 0 Å². The molecule has 1 saturated heterocycles. The highest BCUT2D eigenvalue weighted by molar-refractivity contribution is 5.81. The molecule has 4 rings (SSSR count). The Hall–Kier alpha value is -2.99. The number of nitrogens with zero attached hydrogens (tertiary/aromatic N) is 1. The average molecular weight is 395 g/mol. The third-order valence-corrected chi connectivity index (χ3v) is 5.57. The first-order valence-corrected chi connectivity index (χ1v) is 9.69. The largest absolute Gasteiger partial charge is 0.497 e. The first kappa shape index (κ1) is 19.3. The fourth-order valence-electron chi connectivity index (χ4n) is 4.15. The zero-order valence-electron chi connectivity index (χ0n) is 16.9. The van der Waals surface area contributed by atoms with Crippen molar-refractivity contribution in [3.8, 4) is 17.2 Å². The van der Waals surface area contributed by atoms with Crippen molar-refractivity contribution in [1.29, 1.82) is 0 Å². The summed E-state index contributed by atoms with van der Waals surface area (Å²) in [5.41, 5.74) is 2.25. The van der Waals surface area contributed by atoms with Gasteiger partial charge in [0.15, 0.2) is 0 Å². The maximum atomic E-state index is 12.2. The molecule has 1 fully saturated rings. The molecule has 1 aliphatic rings. The summed E-state index contributed by atoms with van der Waals surface area (Å²) in [6.07, 6.45) is 2.11. The van der Waals surface area contributed by atoms with Crippen molar-refractivity contribution >= 4 is 11.0 Å². The van der Waals surface area contributed by atoms with Crippen molar-refractivity contribution < 1.29 is 18.6 Å². The summed E-state index contributed by atoms with van der Waals surface area (Å²) in [6.45, 7) is 1.60. The number of likely N-dealkylation sites (tertiary alicyclic amines) is 1. The van der Waals surface area contributed by atoms with Gasteiger partial charge in [0.25, 0.3) is 0 Å². The average Bonchev–Trinajstić information content (AvgIpc) is 3.20. The molecule has 0 spiro atoms. The number of hydrogen-bond donors (Lipinski definition) is 0. The van der Waals surface area contributed by atoms with Crippen LogP contribution in [0.5, 0.6) is 17.2 Å². The van der Waals surface area contributed by atoms with Crippen molar-refractivity contribution in [2.24, 2.45) is 0 Å². The number of benzene rings is 2. The lowest BCUT2D eigenvalue weighted by molar-refractivity contribution is 0.242. The molecule has 0 aliphatic carbocycles. The summed E-state index contributed by atoms with van der Waals surface area (Å²) >= 11 is 0. The van der Waals surface area contributed by atoms with E-state index in [0.29, 0.717) is 17.9 Å². The molecule has 2 heterocycles. The zero-order chi connectivity index (χ0) is 20.4. The van der Waals surface area contributed by atoms with Gasteiger partial charge in [-0.25, -0.2) is 4.79 Å². The SMILES string of the molecule is COc1ccc(OC)c(C2CCCN2Cc2cc(=O)oc3cc(OC)ccc23)c1. The Labute approximate surface area is 169 Å². The minimum Gasteiger partial charge on any atom is -0.497 e. The van der Waals surface area contributed by atoms with Gasteiger partial charge in [0.1, 0.15) is 22.8 Å². The van der Waals surface area contributed by atoms with E-state index in [-0.39, 0.29) is 11.7 Å². The van der Waals surface area contributed by atoms with E-state index in [1.54, 1.807) is 33.5 Å². The quantitative estimate of drug-likeness (QED) is 0.584. The highest BCUT2D eigenvalue weighted by Crippen LogP contribution is 2.40. The van der Waals surface area contributed by atoms with Crippen LogP contribution < -0.4 is 19.8 Å². The molecule has 0 amide bonds. The van der Waals surface area contributed by atoms with Gasteiger partial charge in [-0.2, -0.15) is 0 Å². The van der Waals surface area contributed by atoms with Gasteiger partial charge in [-0.1, -0.05) is 0 Å². The van der Waals surface area contributed by atoms with Crippen LogP contribution >= 0.6 is 0 Å². The van der Waals surface area contributed by atoms with Gasteiger partial charge in [-0.15, -0.1) is 0 Å². The molecule has 1 unspecified atom stereocenters. The Morgan fingerprint density at radius 3 is 2.52 bits per heavy atom. The molecular weight excluding hydrogens is 370 g/mol. The normalized spacial score (nSPS) is 16.9. The standard InChI is InChI=1S/C23H25NO5/c1-26-16-7-9-21(28-3)19(12-16)20-5-4-10-24(20)14-15-11-23(25)29-22-13-17(27-2)6-8-18(15)22/h6-9,11-13,20H,4-5,10,14H2,1-3H3. The van der Waals surface area contributed by atoms with Gasteiger partial charge >= 0.3 is 5.63 Å². The third-order valence-electron chi connectivity index (χ3n) is 5.57. The van der Waals surface area contributed by atoms with Crippen molar-refractivity contribution in [2.75, 3.05) is 27.9 Å². The van der Waals surface area contributed by atoms with E-state index in [1.807, 2.05) is 30.3 Å². The van der Waals surface area contributed by atoms with Crippen LogP contribution in [0.15, 0.2) is 51.7 Å². The van der Waals surface area contributed by atoms with Crippen LogP contribution in [0.3, 0.4) is 0 Å². The zero-order valence-corrected chi connectivity index (χ0v) is 16.9. The summed E-state index contributed by atoms with van der Waals surface area (Å²) in [5, 5.41) is 0.925. The van der Waals surface area contributed by atoms with Crippen LogP contribution in [0.25, 0.3) is 11.0 Å². The van der Waals surface area contributed by atoms with E-state index in [2.05, 4.69) is 4.90 Å². The minimum absolute atomic E-state index is 0.195. The molecule has 0 saturated carbocycles. The Bertz CT molecular complexity index is 1070. The number of rotatable bonds is 6. The number of fused-ring (bicyclic) bond motifs is 1. The molecule has 1 aromatic heterocycles. The van der Waals surface area contributed by atoms with Crippen molar-refractivity contribution in [3.63, 3.8) is 0 Å². The summed E-state index contributed by atoms with van der Waals surface area (Å²) in [6, 6.07) is 13.3. The maximum Gasteiger partial charge on any atom is 0.336 e. The topological polar surface area (TPSA) is 61.1 Å². The lowest BCUT2D eigenvalue weighted by atomic mass is 10.0. The predicted octanol–water partition coefficient (Wildman–Crippen LogP) is 4.16. The van der Waals surface area contributed by atoms with E-state index < -0.39 is 0 Å². The molecule has 6 heteroatoms. The minimum atomic E-state index is -0.351. The van der Waals surface area contributed by atoms with Gasteiger partial charge in [-0.05, 0) is 55.3 Å². The summed E-state index contributed by atoms with van der Waals surface area (Å²) in [7, 11) is 4.95. The van der Waals surface area contributed by atoms with Gasteiger partial charge in [0.2, 0.25) is 0 Å². The first-order chi connectivity index (χ1) is 14.1. The van der Waals surface area contributed by atoms with Crippen LogP contribution in [0.1, 0.15) is 30.0 Å². The van der Waals surface area contributed by atoms with Crippen LogP contribution in [-0.2, 0) is 6.54 Å². The third kappa shape index (κ3) is 3.80. The van der Waals surface area contributed by atoms with Gasteiger partial charge in [0.05, 0.1) is 21.3 Å². The molecule has 6 nitrogen and oxygen atoms in total. The van der Waals surface area contributed by atoms with Crippen molar-refractivity contribution in [2.45, 2.75) is 25.4 Å². The van der Waals surface area contributed by atoms with E-state index in [4.69, 9.17) is 18.6 Å². The maximum absolute atomic E-state index is 12.2. The van der Waals surface area contributed by atoms with Crippen LogP contribution in [-0.4, -0.2) is 32.8 Å². The molecule has 29 heavy (non-hydrogen) atoms. The summed E-state index contributed by atoms with van der Waals surface area (Å²) in [5.74, 6) is 2.33. The first-order valence-electron chi connectivity index (χ1n) is 9.69. The highest BCUT2D eigenvalue weighted by Gasteiger charge is 2.29. The van der Waals surface area contributed by atoms with Crippen LogP contribution in [0.4, 0.5) is 0 Å². The lowest BCUT2D eigenvalue weighted by Gasteiger charge is -2.27. The highest BCUT2D eigenvalue weighted by atomic mass is 16.5. The van der Waals surface area contributed by atoms with Gasteiger partial charge < -0.3 is 18.6 Å². The second-order valence-corrected chi connectivity index (χ2v) is 7.19. The summed E-state index contributed by atoms with van der Waals surface area (Å²) in [4.78, 5) is 14.5. The Kier molecular flexibility index (Phi) is 5.45. The van der Waals surface area contributed by atoms with Crippen molar-refractivity contribution in [3.05, 3.63) is 64.0 Å². The number of methoxy groups -OCH3 is 3. The van der Waals surface area contributed by atoms with E-state index in [9.17, 15) is 4.79 Å². The fourth-order valence-corrected chi connectivity index (χ4v) is 4.15. The van der Waals surface area contributed by atoms with Gasteiger partial charge in [-0.3, -0.25) is 4.90 Å². The molecular formula is C23H25NO5. The smallest absolute Gasteiger partial charge is 0.336 e.